The molecule has 0 aromatic heterocycles. The van der Waals surface area contributed by atoms with Crippen LogP contribution in [0, 0.1) is 0 Å². The van der Waals surface area contributed by atoms with Gasteiger partial charge in [-0.2, -0.15) is 11.8 Å². The lowest BCUT2D eigenvalue weighted by molar-refractivity contribution is 0.365. The summed E-state index contributed by atoms with van der Waals surface area (Å²) >= 11 is 1.91. The lowest BCUT2D eigenvalue weighted by atomic mass is 9.89. The van der Waals surface area contributed by atoms with E-state index in [-0.39, 0.29) is 5.54 Å². The molecule has 2 N–H and O–H groups in total. The average molecular weight is 175 g/mol. The summed E-state index contributed by atoms with van der Waals surface area (Å²) in [5.41, 5.74) is 6.25. The van der Waals surface area contributed by atoms with E-state index in [1.165, 1.54) is 18.6 Å². The molecular formula is C9H21NS. The van der Waals surface area contributed by atoms with Crippen LogP contribution < -0.4 is 5.73 Å². The summed E-state index contributed by atoms with van der Waals surface area (Å²) in [5.74, 6) is 1.25. The molecule has 0 unspecified atom stereocenters. The van der Waals surface area contributed by atoms with Crippen LogP contribution in [-0.2, 0) is 0 Å². The number of hydrogen-bond acceptors (Lipinski definition) is 2. The third-order valence-electron chi connectivity index (χ3n) is 2.43. The first-order valence-electron chi connectivity index (χ1n) is 4.46. The minimum atomic E-state index is 0.121. The molecule has 11 heavy (non-hydrogen) atoms. The molecule has 0 aromatic rings. The maximum absolute atomic E-state index is 6.13. The average Bonchev–Trinajstić information content (AvgIpc) is 2.05. The molecule has 0 aromatic carbocycles. The fourth-order valence-corrected chi connectivity index (χ4v) is 1.61. The normalized spacial score (nSPS) is 12.0. The van der Waals surface area contributed by atoms with Gasteiger partial charge in [-0.1, -0.05) is 13.8 Å². The minimum absolute atomic E-state index is 0.121. The fraction of sp³-hybridized carbons (Fsp3) is 1.00. The smallest absolute Gasteiger partial charge is 0.0149 e. The van der Waals surface area contributed by atoms with Crippen LogP contribution in [0.5, 0.6) is 0 Å². The highest BCUT2D eigenvalue weighted by atomic mass is 32.2. The summed E-state index contributed by atoms with van der Waals surface area (Å²) in [7, 11) is 0. The SMILES string of the molecule is CCC(N)(CC)CCCSC. The standard InChI is InChI=1S/C9H21NS/c1-4-9(10,5-2)7-6-8-11-3/h4-8,10H2,1-3H3. The molecule has 0 rings (SSSR count). The van der Waals surface area contributed by atoms with E-state index >= 15 is 0 Å². The molecule has 1 nitrogen and oxygen atoms in total. The molecule has 0 bridgehead atoms. The summed E-state index contributed by atoms with van der Waals surface area (Å²) in [5, 5.41) is 0. The predicted molar refractivity (Wildman–Crippen MR) is 55.1 cm³/mol. The number of rotatable bonds is 6. The van der Waals surface area contributed by atoms with Crippen LogP contribution in [0.1, 0.15) is 39.5 Å². The van der Waals surface area contributed by atoms with Gasteiger partial charge in [0.05, 0.1) is 0 Å². The maximum Gasteiger partial charge on any atom is 0.0149 e. The largest absolute Gasteiger partial charge is 0.325 e. The van der Waals surface area contributed by atoms with Crippen LogP contribution in [0.25, 0.3) is 0 Å². The summed E-state index contributed by atoms with van der Waals surface area (Å²) in [6.07, 6.45) is 6.81. The van der Waals surface area contributed by atoms with Gasteiger partial charge in [0.1, 0.15) is 0 Å². The van der Waals surface area contributed by atoms with Crippen molar-refractivity contribution in [3.8, 4) is 0 Å². The molecule has 0 heterocycles. The summed E-state index contributed by atoms with van der Waals surface area (Å²) in [6, 6.07) is 0. The van der Waals surface area contributed by atoms with Crippen molar-refractivity contribution in [3.05, 3.63) is 0 Å². The molecule has 0 aliphatic carbocycles. The van der Waals surface area contributed by atoms with E-state index in [9.17, 15) is 0 Å². The van der Waals surface area contributed by atoms with Gasteiger partial charge in [-0.15, -0.1) is 0 Å². The zero-order chi connectivity index (χ0) is 8.74. The second-order valence-electron chi connectivity index (χ2n) is 3.17. The second kappa shape index (κ2) is 5.90. The molecule has 68 valence electrons. The minimum Gasteiger partial charge on any atom is -0.325 e. The van der Waals surface area contributed by atoms with Gasteiger partial charge >= 0.3 is 0 Å². The van der Waals surface area contributed by atoms with Crippen molar-refractivity contribution in [2.45, 2.75) is 45.1 Å². The fourth-order valence-electron chi connectivity index (χ4n) is 1.17. The van der Waals surface area contributed by atoms with Crippen LogP contribution in [-0.4, -0.2) is 17.5 Å². The van der Waals surface area contributed by atoms with Crippen LogP contribution in [0.15, 0.2) is 0 Å². The molecule has 0 aliphatic heterocycles. The van der Waals surface area contributed by atoms with Gasteiger partial charge in [-0.3, -0.25) is 0 Å². The Kier molecular flexibility index (Phi) is 6.06. The van der Waals surface area contributed by atoms with Crippen molar-refractivity contribution < 1.29 is 0 Å². The van der Waals surface area contributed by atoms with Gasteiger partial charge in [-0.25, -0.2) is 0 Å². The Balaban J connectivity index is 3.51. The monoisotopic (exact) mass is 175 g/mol. The molecule has 0 aliphatic rings. The lowest BCUT2D eigenvalue weighted by Gasteiger charge is -2.26. The number of nitrogens with two attached hydrogens (primary N) is 1. The molecule has 0 amide bonds. The Morgan fingerprint density at radius 3 is 2.18 bits per heavy atom. The first-order chi connectivity index (χ1) is 5.18. The third-order valence-corrected chi connectivity index (χ3v) is 3.13. The van der Waals surface area contributed by atoms with E-state index < -0.39 is 0 Å². The summed E-state index contributed by atoms with van der Waals surface area (Å²) in [6.45, 7) is 4.37. The van der Waals surface area contributed by atoms with E-state index in [0.29, 0.717) is 0 Å². The highest BCUT2D eigenvalue weighted by Crippen LogP contribution is 2.18. The van der Waals surface area contributed by atoms with Crippen molar-refractivity contribution in [1.82, 2.24) is 0 Å². The first kappa shape index (κ1) is 11.3. The Labute approximate surface area is 75.1 Å². The molecule has 2 heteroatoms. The molecule has 0 spiro atoms. The molecule has 0 radical (unpaired) electrons. The highest BCUT2D eigenvalue weighted by molar-refractivity contribution is 7.98. The van der Waals surface area contributed by atoms with Crippen LogP contribution in [0.4, 0.5) is 0 Å². The van der Waals surface area contributed by atoms with Crippen molar-refractivity contribution >= 4 is 11.8 Å². The predicted octanol–water partition coefficient (Wildman–Crippen LogP) is 2.65. The third kappa shape index (κ3) is 4.70. The molecule has 0 atom stereocenters. The van der Waals surface area contributed by atoms with Crippen LogP contribution >= 0.6 is 11.8 Å². The van der Waals surface area contributed by atoms with E-state index in [2.05, 4.69) is 20.1 Å². The van der Waals surface area contributed by atoms with Gasteiger partial charge in [0, 0.05) is 5.54 Å². The van der Waals surface area contributed by atoms with Crippen molar-refractivity contribution in [1.29, 1.82) is 0 Å². The highest BCUT2D eigenvalue weighted by Gasteiger charge is 2.18. The molecular weight excluding hydrogens is 154 g/mol. The summed E-state index contributed by atoms with van der Waals surface area (Å²) < 4.78 is 0. The summed E-state index contributed by atoms with van der Waals surface area (Å²) in [4.78, 5) is 0. The topological polar surface area (TPSA) is 26.0 Å². The second-order valence-corrected chi connectivity index (χ2v) is 4.15. The zero-order valence-corrected chi connectivity index (χ0v) is 8.84. The Hall–Kier alpha value is 0.310. The number of hydrogen-bond donors (Lipinski definition) is 1. The van der Waals surface area contributed by atoms with Crippen molar-refractivity contribution in [2.75, 3.05) is 12.0 Å². The lowest BCUT2D eigenvalue weighted by Crippen LogP contribution is -2.38. The van der Waals surface area contributed by atoms with Gasteiger partial charge < -0.3 is 5.73 Å². The van der Waals surface area contributed by atoms with Gasteiger partial charge in [0.2, 0.25) is 0 Å². The molecule has 0 saturated heterocycles. The van der Waals surface area contributed by atoms with Crippen molar-refractivity contribution in [3.63, 3.8) is 0 Å². The quantitative estimate of drug-likeness (QED) is 0.628. The molecule has 0 saturated carbocycles. The molecule has 0 fully saturated rings. The van der Waals surface area contributed by atoms with E-state index in [4.69, 9.17) is 5.73 Å². The Bertz CT molecular complexity index is 89.6. The van der Waals surface area contributed by atoms with Crippen LogP contribution in [0.2, 0.25) is 0 Å². The van der Waals surface area contributed by atoms with Crippen molar-refractivity contribution in [2.24, 2.45) is 5.73 Å². The van der Waals surface area contributed by atoms with Gasteiger partial charge in [0.15, 0.2) is 0 Å². The number of thioether (sulfide) groups is 1. The Morgan fingerprint density at radius 1 is 1.27 bits per heavy atom. The first-order valence-corrected chi connectivity index (χ1v) is 5.85. The maximum atomic E-state index is 6.13. The Morgan fingerprint density at radius 2 is 1.82 bits per heavy atom. The zero-order valence-electron chi connectivity index (χ0n) is 8.02. The van der Waals surface area contributed by atoms with E-state index in [1.54, 1.807) is 0 Å². The van der Waals surface area contributed by atoms with Crippen LogP contribution in [0.3, 0.4) is 0 Å². The van der Waals surface area contributed by atoms with E-state index in [0.717, 1.165) is 12.8 Å². The van der Waals surface area contributed by atoms with Gasteiger partial charge in [-0.05, 0) is 37.7 Å². The van der Waals surface area contributed by atoms with E-state index in [1.807, 2.05) is 11.8 Å². The van der Waals surface area contributed by atoms with Gasteiger partial charge in [0.25, 0.3) is 0 Å².